The summed E-state index contributed by atoms with van der Waals surface area (Å²) in [6.07, 6.45) is 4.37. The molecule has 0 aliphatic heterocycles. The van der Waals surface area contributed by atoms with Crippen molar-refractivity contribution in [1.29, 1.82) is 0 Å². The molecule has 3 N–H and O–H groups in total. The van der Waals surface area contributed by atoms with Crippen LogP contribution >= 0.6 is 11.5 Å². The van der Waals surface area contributed by atoms with Crippen molar-refractivity contribution >= 4 is 28.3 Å². The number of carbonyl (C=O) groups excluding carboxylic acids is 1. The van der Waals surface area contributed by atoms with E-state index in [0.29, 0.717) is 17.4 Å². The van der Waals surface area contributed by atoms with Crippen LogP contribution in [-0.4, -0.2) is 29.9 Å². The number of nitrogens with one attached hydrogen (secondary N) is 1. The predicted octanol–water partition coefficient (Wildman–Crippen LogP) is 1.85. The molecule has 1 heterocycles. The van der Waals surface area contributed by atoms with E-state index in [4.69, 9.17) is 5.73 Å². The summed E-state index contributed by atoms with van der Waals surface area (Å²) in [6, 6.07) is 0.339. The Morgan fingerprint density at radius 3 is 2.94 bits per heavy atom. The predicted molar refractivity (Wildman–Crippen MR) is 75.2 cm³/mol. The van der Waals surface area contributed by atoms with Gasteiger partial charge in [0.25, 0.3) is 5.91 Å². The topological polar surface area (TPSA) is 71.2 Å². The first-order valence-corrected chi connectivity index (χ1v) is 7.18. The zero-order valence-electron chi connectivity index (χ0n) is 10.9. The fourth-order valence-electron chi connectivity index (χ4n) is 1.75. The number of rotatable bonds is 6. The molecule has 5 nitrogen and oxygen atoms in total. The van der Waals surface area contributed by atoms with Gasteiger partial charge in [-0.15, -0.1) is 0 Å². The largest absolute Gasteiger partial charge is 0.382 e. The Morgan fingerprint density at radius 1 is 1.61 bits per heavy atom. The van der Waals surface area contributed by atoms with E-state index in [1.54, 1.807) is 0 Å². The molecule has 1 aliphatic rings. The maximum absolute atomic E-state index is 12.1. The molecule has 0 saturated heterocycles. The Bertz CT molecular complexity index is 428. The van der Waals surface area contributed by atoms with E-state index in [0.717, 1.165) is 37.2 Å². The summed E-state index contributed by atoms with van der Waals surface area (Å²) in [7, 11) is 1.98. The van der Waals surface area contributed by atoms with Crippen LogP contribution in [0.3, 0.4) is 0 Å². The number of carbonyl (C=O) groups is 1. The third-order valence-corrected chi connectivity index (χ3v) is 4.01. The summed E-state index contributed by atoms with van der Waals surface area (Å²) in [4.78, 5) is 14.2. The molecular weight excluding hydrogens is 248 g/mol. The second-order valence-corrected chi connectivity index (χ2v) is 5.52. The van der Waals surface area contributed by atoms with E-state index in [1.165, 1.54) is 11.5 Å². The number of aromatic nitrogens is 1. The van der Waals surface area contributed by atoms with Gasteiger partial charge in [-0.05, 0) is 30.8 Å². The van der Waals surface area contributed by atoms with Gasteiger partial charge in [0, 0.05) is 19.6 Å². The molecule has 1 aromatic heterocycles. The molecule has 6 heteroatoms. The van der Waals surface area contributed by atoms with Crippen molar-refractivity contribution < 1.29 is 4.79 Å². The Kier molecular flexibility index (Phi) is 4.06. The number of amides is 1. The molecule has 0 atom stereocenters. The monoisotopic (exact) mass is 268 g/mol. The van der Waals surface area contributed by atoms with Crippen LogP contribution in [0.1, 0.15) is 43.0 Å². The highest BCUT2D eigenvalue weighted by Crippen LogP contribution is 2.31. The number of hydrogen-bond donors (Lipinski definition) is 2. The lowest BCUT2D eigenvalue weighted by Crippen LogP contribution is -2.28. The maximum atomic E-state index is 12.1. The van der Waals surface area contributed by atoms with Crippen molar-refractivity contribution in [2.75, 3.05) is 24.2 Å². The molecule has 1 fully saturated rings. The Hall–Kier alpha value is -1.30. The normalized spacial score (nSPS) is 14.6. The van der Waals surface area contributed by atoms with E-state index in [9.17, 15) is 4.79 Å². The smallest absolute Gasteiger partial charge is 0.258 e. The number of unbranched alkanes of at least 4 members (excludes halogenated alkanes) is 1. The molecule has 0 radical (unpaired) electrons. The molecule has 1 saturated carbocycles. The Balaban J connectivity index is 2.11. The van der Waals surface area contributed by atoms with Gasteiger partial charge in [0.15, 0.2) is 5.82 Å². The summed E-state index contributed by atoms with van der Waals surface area (Å²) >= 11 is 1.30. The van der Waals surface area contributed by atoms with Crippen LogP contribution in [0.5, 0.6) is 0 Å². The number of hydrogen-bond acceptors (Lipinski definition) is 5. The fourth-order valence-corrected chi connectivity index (χ4v) is 2.54. The van der Waals surface area contributed by atoms with E-state index < -0.39 is 0 Å². The second kappa shape index (κ2) is 5.56. The summed E-state index contributed by atoms with van der Waals surface area (Å²) in [5.74, 6) is 0.263. The van der Waals surface area contributed by atoms with Crippen LogP contribution in [0.25, 0.3) is 0 Å². The standard InChI is InChI=1S/C12H20N4OS/c1-3-4-7-16(2)12-9(10(13)15-18-12)11(17)14-8-5-6-8/h8H,3-7H2,1-2H3,(H2,13,15)(H,14,17). The third-order valence-electron chi connectivity index (χ3n) is 3.03. The summed E-state index contributed by atoms with van der Waals surface area (Å²) < 4.78 is 4.11. The van der Waals surface area contributed by atoms with Gasteiger partial charge in [0.05, 0.1) is 0 Å². The highest BCUT2D eigenvalue weighted by Gasteiger charge is 2.28. The zero-order valence-corrected chi connectivity index (χ0v) is 11.7. The molecule has 1 amide bonds. The average molecular weight is 268 g/mol. The number of nitrogens with zero attached hydrogens (tertiary/aromatic N) is 2. The quantitative estimate of drug-likeness (QED) is 0.826. The molecule has 18 heavy (non-hydrogen) atoms. The van der Waals surface area contributed by atoms with E-state index >= 15 is 0 Å². The van der Waals surface area contributed by atoms with Crippen LogP contribution in [-0.2, 0) is 0 Å². The van der Waals surface area contributed by atoms with Gasteiger partial charge in [-0.2, -0.15) is 4.37 Å². The molecule has 0 bridgehead atoms. The first-order chi connectivity index (χ1) is 8.63. The van der Waals surface area contributed by atoms with Crippen molar-refractivity contribution in [3.63, 3.8) is 0 Å². The Labute approximate surface area is 112 Å². The summed E-state index contributed by atoms with van der Waals surface area (Å²) in [6.45, 7) is 3.07. The first-order valence-electron chi connectivity index (χ1n) is 6.40. The van der Waals surface area contributed by atoms with Crippen molar-refractivity contribution in [2.45, 2.75) is 38.6 Å². The lowest BCUT2D eigenvalue weighted by Gasteiger charge is -2.17. The zero-order chi connectivity index (χ0) is 13.1. The number of nitrogens with two attached hydrogens (primary N) is 1. The molecule has 0 spiro atoms. The minimum atomic E-state index is -0.0814. The molecule has 2 rings (SSSR count). The fraction of sp³-hybridized carbons (Fsp3) is 0.667. The van der Waals surface area contributed by atoms with Crippen molar-refractivity contribution in [3.05, 3.63) is 5.56 Å². The molecule has 1 aliphatic carbocycles. The average Bonchev–Trinajstić information content (AvgIpc) is 3.06. The van der Waals surface area contributed by atoms with Gasteiger partial charge >= 0.3 is 0 Å². The van der Waals surface area contributed by atoms with Gasteiger partial charge in [-0.3, -0.25) is 4.79 Å². The summed E-state index contributed by atoms with van der Waals surface area (Å²) in [5.41, 5.74) is 6.36. The minimum absolute atomic E-state index is 0.0814. The van der Waals surface area contributed by atoms with Gasteiger partial charge < -0.3 is 16.0 Å². The molecule has 0 aromatic carbocycles. The molecule has 0 unspecified atom stereocenters. The van der Waals surface area contributed by atoms with Crippen LogP contribution in [0.2, 0.25) is 0 Å². The van der Waals surface area contributed by atoms with Crippen LogP contribution < -0.4 is 16.0 Å². The highest BCUT2D eigenvalue weighted by molar-refractivity contribution is 7.11. The van der Waals surface area contributed by atoms with E-state index in [-0.39, 0.29) is 5.91 Å². The molecule has 1 aromatic rings. The van der Waals surface area contributed by atoms with E-state index in [2.05, 4.69) is 21.5 Å². The van der Waals surface area contributed by atoms with Crippen molar-refractivity contribution in [1.82, 2.24) is 9.69 Å². The van der Waals surface area contributed by atoms with Crippen LogP contribution in [0.15, 0.2) is 0 Å². The van der Waals surface area contributed by atoms with Gasteiger partial charge in [-0.1, -0.05) is 13.3 Å². The van der Waals surface area contributed by atoms with Gasteiger partial charge in [0.2, 0.25) is 0 Å². The molecular formula is C12H20N4OS. The molecule has 100 valence electrons. The highest BCUT2D eigenvalue weighted by atomic mass is 32.1. The maximum Gasteiger partial charge on any atom is 0.258 e. The van der Waals surface area contributed by atoms with Crippen LogP contribution in [0, 0.1) is 0 Å². The SMILES string of the molecule is CCCCN(C)c1snc(N)c1C(=O)NC1CC1. The Morgan fingerprint density at radius 2 is 2.33 bits per heavy atom. The van der Waals surface area contributed by atoms with Crippen molar-refractivity contribution in [3.8, 4) is 0 Å². The third kappa shape index (κ3) is 2.93. The van der Waals surface area contributed by atoms with Crippen molar-refractivity contribution in [2.24, 2.45) is 0 Å². The van der Waals surface area contributed by atoms with Gasteiger partial charge in [-0.25, -0.2) is 0 Å². The number of anilines is 2. The number of nitrogen functional groups attached to an aromatic ring is 1. The van der Waals surface area contributed by atoms with Gasteiger partial charge in [0.1, 0.15) is 10.6 Å². The second-order valence-electron chi connectivity index (χ2n) is 4.77. The lowest BCUT2D eigenvalue weighted by molar-refractivity contribution is 0.0952. The van der Waals surface area contributed by atoms with Crippen LogP contribution in [0.4, 0.5) is 10.8 Å². The minimum Gasteiger partial charge on any atom is -0.382 e. The lowest BCUT2D eigenvalue weighted by atomic mass is 10.2. The van der Waals surface area contributed by atoms with E-state index in [1.807, 2.05) is 7.05 Å². The first kappa shape index (κ1) is 13.1. The summed E-state index contributed by atoms with van der Waals surface area (Å²) in [5, 5.41) is 3.84.